The van der Waals surface area contributed by atoms with Gasteiger partial charge in [-0.15, -0.1) is 0 Å². The lowest BCUT2D eigenvalue weighted by Crippen LogP contribution is -2.24. The summed E-state index contributed by atoms with van der Waals surface area (Å²) >= 11 is 3.33. The molecule has 0 aliphatic heterocycles. The summed E-state index contributed by atoms with van der Waals surface area (Å²) < 4.78 is 7.95. The van der Waals surface area contributed by atoms with Gasteiger partial charge in [0, 0.05) is 27.1 Å². The van der Waals surface area contributed by atoms with Crippen LogP contribution in [0.2, 0.25) is 0 Å². The first-order valence-corrected chi connectivity index (χ1v) is 10.5. The van der Waals surface area contributed by atoms with Crippen LogP contribution in [-0.4, -0.2) is 45.4 Å². The van der Waals surface area contributed by atoms with Crippen LogP contribution in [0, 0.1) is 13.8 Å². The molecule has 0 aliphatic rings. The molecule has 0 radical (unpaired) electrons. The van der Waals surface area contributed by atoms with Crippen molar-refractivity contribution in [3.05, 3.63) is 81.1 Å². The van der Waals surface area contributed by atoms with Gasteiger partial charge in [-0.25, -0.2) is 15.0 Å². The van der Waals surface area contributed by atoms with Crippen molar-refractivity contribution in [2.24, 2.45) is 5.10 Å². The fraction of sp³-hybridized carbons (Fsp3) is 0.130. The lowest BCUT2D eigenvalue weighted by molar-refractivity contribution is -0.123. The van der Waals surface area contributed by atoms with Gasteiger partial charge in [0.25, 0.3) is 5.91 Å². The SMILES string of the molecule is Cc1cc(/C=N/NC(=O)COc2cccc(Br)c2)c(C)n1-c1cc(C(=O)O)cc(C(=O)O)c1. The van der Waals surface area contributed by atoms with Crippen LogP contribution in [0.4, 0.5) is 0 Å². The molecule has 0 atom stereocenters. The van der Waals surface area contributed by atoms with Crippen LogP contribution in [0.1, 0.15) is 37.7 Å². The maximum Gasteiger partial charge on any atom is 0.335 e. The average Bonchev–Trinajstić information content (AvgIpc) is 3.05. The minimum Gasteiger partial charge on any atom is -0.484 e. The Balaban J connectivity index is 1.75. The molecule has 0 aliphatic carbocycles. The second-order valence-corrected chi connectivity index (χ2v) is 8.00. The Morgan fingerprint density at radius 3 is 2.33 bits per heavy atom. The van der Waals surface area contributed by atoms with Crippen LogP contribution in [0.15, 0.2) is 58.1 Å². The van der Waals surface area contributed by atoms with E-state index in [0.717, 1.165) is 16.2 Å². The number of carboxylic acid groups (broad SMARTS) is 2. The maximum absolute atomic E-state index is 12.0. The van der Waals surface area contributed by atoms with Crippen LogP contribution >= 0.6 is 15.9 Å². The number of halogens is 1. The fourth-order valence-corrected chi connectivity index (χ4v) is 3.59. The Kier molecular flexibility index (Phi) is 7.29. The Morgan fingerprint density at radius 2 is 1.73 bits per heavy atom. The first kappa shape index (κ1) is 23.7. The topological polar surface area (TPSA) is 130 Å². The summed E-state index contributed by atoms with van der Waals surface area (Å²) in [6.45, 7) is 3.36. The van der Waals surface area contributed by atoms with E-state index in [4.69, 9.17) is 4.74 Å². The number of benzene rings is 2. The second-order valence-electron chi connectivity index (χ2n) is 7.08. The highest BCUT2D eigenvalue weighted by molar-refractivity contribution is 9.10. The molecule has 0 unspecified atom stereocenters. The minimum absolute atomic E-state index is 0.134. The second kappa shape index (κ2) is 10.1. The van der Waals surface area contributed by atoms with E-state index in [1.807, 2.05) is 6.07 Å². The Morgan fingerprint density at radius 1 is 1.06 bits per heavy atom. The summed E-state index contributed by atoms with van der Waals surface area (Å²) in [5, 5.41) is 22.6. The molecule has 3 rings (SSSR count). The Labute approximate surface area is 197 Å². The van der Waals surface area contributed by atoms with Gasteiger partial charge in [0.2, 0.25) is 0 Å². The summed E-state index contributed by atoms with van der Waals surface area (Å²) in [5.41, 5.74) is 4.61. The molecule has 0 fully saturated rings. The predicted octanol–water partition coefficient (Wildman–Crippen LogP) is 3.78. The van der Waals surface area contributed by atoms with Gasteiger partial charge < -0.3 is 19.5 Å². The Hall–Kier alpha value is -3.92. The zero-order valence-corrected chi connectivity index (χ0v) is 19.3. The maximum atomic E-state index is 12.0. The van der Waals surface area contributed by atoms with Gasteiger partial charge in [-0.05, 0) is 56.3 Å². The molecule has 3 N–H and O–H groups in total. The predicted molar refractivity (Wildman–Crippen MR) is 125 cm³/mol. The summed E-state index contributed by atoms with van der Waals surface area (Å²) in [4.78, 5) is 34.8. The smallest absolute Gasteiger partial charge is 0.335 e. The van der Waals surface area contributed by atoms with Crippen LogP contribution in [0.3, 0.4) is 0 Å². The molecule has 9 nitrogen and oxygen atoms in total. The molecule has 1 heterocycles. The summed E-state index contributed by atoms with van der Waals surface area (Å²) in [6, 6.07) is 12.8. The van der Waals surface area contributed by atoms with Gasteiger partial charge in [-0.1, -0.05) is 22.0 Å². The number of carbonyl (C=O) groups is 3. The zero-order chi connectivity index (χ0) is 24.1. The van der Waals surface area contributed by atoms with Gasteiger partial charge in [0.15, 0.2) is 6.61 Å². The number of hydrogen-bond acceptors (Lipinski definition) is 5. The molecule has 1 aromatic heterocycles. The van der Waals surface area contributed by atoms with E-state index in [9.17, 15) is 24.6 Å². The lowest BCUT2D eigenvalue weighted by Gasteiger charge is -2.12. The van der Waals surface area contributed by atoms with Crippen LogP contribution in [0.25, 0.3) is 5.69 Å². The highest BCUT2D eigenvalue weighted by Crippen LogP contribution is 2.23. The van der Waals surface area contributed by atoms with Crippen molar-refractivity contribution in [2.75, 3.05) is 6.61 Å². The average molecular weight is 514 g/mol. The van der Waals surface area contributed by atoms with Gasteiger partial charge in [0.05, 0.1) is 17.3 Å². The molecule has 0 spiro atoms. The van der Waals surface area contributed by atoms with Crippen molar-refractivity contribution in [1.82, 2.24) is 9.99 Å². The normalized spacial score (nSPS) is 10.9. The molecule has 2 aromatic carbocycles. The molecular formula is C23H20BrN3O6. The fourth-order valence-electron chi connectivity index (χ4n) is 3.21. The molecule has 0 bridgehead atoms. The van der Waals surface area contributed by atoms with Crippen molar-refractivity contribution < 1.29 is 29.3 Å². The van der Waals surface area contributed by atoms with E-state index in [1.54, 1.807) is 42.7 Å². The van der Waals surface area contributed by atoms with Gasteiger partial charge in [-0.2, -0.15) is 5.10 Å². The van der Waals surface area contributed by atoms with E-state index in [0.29, 0.717) is 22.7 Å². The van der Waals surface area contributed by atoms with Gasteiger partial charge >= 0.3 is 11.9 Å². The number of aromatic carboxylic acids is 2. The highest BCUT2D eigenvalue weighted by Gasteiger charge is 2.16. The molecule has 0 saturated carbocycles. The minimum atomic E-state index is -1.23. The van der Waals surface area contributed by atoms with Crippen molar-refractivity contribution in [2.45, 2.75) is 13.8 Å². The third-order valence-corrected chi connectivity index (χ3v) is 5.19. The summed E-state index contributed by atoms with van der Waals surface area (Å²) in [5.74, 6) is -2.36. The number of carboxylic acids is 2. The first-order chi connectivity index (χ1) is 15.7. The molecule has 33 heavy (non-hydrogen) atoms. The standard InChI is InChI=1S/C23H20BrN3O6/c1-13-6-17(11-25-26-21(28)12-33-20-5-3-4-18(24)10-20)14(2)27(13)19-8-15(22(29)30)7-16(9-19)23(31)32/h3-11H,12H2,1-2H3,(H,26,28)(H,29,30)(H,31,32)/b25-11+. The number of ether oxygens (including phenoxy) is 1. The molecule has 3 aromatic rings. The largest absolute Gasteiger partial charge is 0.484 e. The van der Waals surface area contributed by atoms with E-state index in [1.165, 1.54) is 18.3 Å². The number of hydrazone groups is 1. The number of aromatic nitrogens is 1. The summed E-state index contributed by atoms with van der Waals surface area (Å²) in [7, 11) is 0. The van der Waals surface area contributed by atoms with Crippen LogP contribution in [-0.2, 0) is 4.79 Å². The van der Waals surface area contributed by atoms with Crippen LogP contribution in [0.5, 0.6) is 5.75 Å². The van der Waals surface area contributed by atoms with Crippen molar-refractivity contribution in [1.29, 1.82) is 0 Å². The third-order valence-electron chi connectivity index (χ3n) is 4.70. The molecular weight excluding hydrogens is 494 g/mol. The van der Waals surface area contributed by atoms with Crippen molar-refractivity contribution in [3.8, 4) is 11.4 Å². The van der Waals surface area contributed by atoms with E-state index in [2.05, 4.69) is 26.5 Å². The number of nitrogens with zero attached hydrogens (tertiary/aromatic N) is 2. The number of amides is 1. The molecule has 1 amide bonds. The highest BCUT2D eigenvalue weighted by atomic mass is 79.9. The monoisotopic (exact) mass is 513 g/mol. The van der Waals surface area contributed by atoms with E-state index >= 15 is 0 Å². The summed E-state index contributed by atoms with van der Waals surface area (Å²) in [6.07, 6.45) is 1.45. The molecule has 170 valence electrons. The quantitative estimate of drug-likeness (QED) is 0.310. The van der Waals surface area contributed by atoms with Gasteiger partial charge in [-0.3, -0.25) is 4.79 Å². The van der Waals surface area contributed by atoms with Crippen molar-refractivity contribution >= 4 is 40.0 Å². The van der Waals surface area contributed by atoms with E-state index < -0.39 is 17.8 Å². The number of rotatable bonds is 8. The number of nitrogens with one attached hydrogen (secondary N) is 1. The number of carbonyl (C=O) groups excluding carboxylic acids is 1. The van der Waals surface area contributed by atoms with E-state index in [-0.39, 0.29) is 17.7 Å². The molecule has 0 saturated heterocycles. The zero-order valence-electron chi connectivity index (χ0n) is 17.7. The third kappa shape index (κ3) is 5.86. The Bertz CT molecular complexity index is 1230. The van der Waals surface area contributed by atoms with Crippen LogP contribution < -0.4 is 10.2 Å². The number of aryl methyl sites for hydroxylation is 1. The van der Waals surface area contributed by atoms with Crippen molar-refractivity contribution in [3.63, 3.8) is 0 Å². The first-order valence-electron chi connectivity index (χ1n) is 9.67. The lowest BCUT2D eigenvalue weighted by atomic mass is 10.1. The van der Waals surface area contributed by atoms with Gasteiger partial charge in [0.1, 0.15) is 5.75 Å². The number of hydrogen-bond donors (Lipinski definition) is 3. The molecule has 10 heteroatoms.